The highest BCUT2D eigenvalue weighted by atomic mass is 16.4. The molecule has 1 aromatic heterocycles. The molecule has 0 unspecified atom stereocenters. The van der Waals surface area contributed by atoms with Gasteiger partial charge in [0.1, 0.15) is 5.58 Å². The predicted molar refractivity (Wildman–Crippen MR) is 50.1 cm³/mol. The largest absolute Gasteiger partial charge is 0.478 e. The highest BCUT2D eigenvalue weighted by Gasteiger charge is 2.12. The lowest BCUT2D eigenvalue weighted by atomic mass is 10.2. The molecule has 1 aromatic carbocycles. The SMILES string of the molecule is O=C(O)c1ccc2cc(C(=O)O)oc2c1. The van der Waals surface area contributed by atoms with Crippen molar-refractivity contribution in [2.75, 3.05) is 0 Å². The molecule has 1 heterocycles. The van der Waals surface area contributed by atoms with Crippen LogP contribution >= 0.6 is 0 Å². The van der Waals surface area contributed by atoms with Crippen LogP contribution in [0, 0.1) is 0 Å². The van der Waals surface area contributed by atoms with Crippen LogP contribution in [0.5, 0.6) is 0 Å². The van der Waals surface area contributed by atoms with Gasteiger partial charge in [0.2, 0.25) is 5.76 Å². The van der Waals surface area contributed by atoms with Gasteiger partial charge in [0.25, 0.3) is 0 Å². The van der Waals surface area contributed by atoms with Crippen molar-refractivity contribution in [1.82, 2.24) is 0 Å². The minimum Gasteiger partial charge on any atom is -0.478 e. The molecule has 2 aromatic rings. The fourth-order valence-electron chi connectivity index (χ4n) is 1.27. The summed E-state index contributed by atoms with van der Waals surface area (Å²) in [5.41, 5.74) is 0.320. The van der Waals surface area contributed by atoms with Gasteiger partial charge in [0.05, 0.1) is 5.56 Å². The number of hydrogen-bond donors (Lipinski definition) is 2. The molecule has 5 nitrogen and oxygen atoms in total. The number of furan rings is 1. The molecule has 15 heavy (non-hydrogen) atoms. The Morgan fingerprint density at radius 1 is 1.07 bits per heavy atom. The van der Waals surface area contributed by atoms with Crippen LogP contribution in [-0.4, -0.2) is 22.2 Å². The zero-order valence-electron chi connectivity index (χ0n) is 7.43. The molecule has 0 aliphatic carbocycles. The van der Waals surface area contributed by atoms with E-state index in [9.17, 15) is 9.59 Å². The summed E-state index contributed by atoms with van der Waals surface area (Å²) in [6.07, 6.45) is 0. The van der Waals surface area contributed by atoms with Gasteiger partial charge in [-0.15, -0.1) is 0 Å². The van der Waals surface area contributed by atoms with E-state index in [1.165, 1.54) is 24.3 Å². The smallest absolute Gasteiger partial charge is 0.371 e. The van der Waals surface area contributed by atoms with Crippen LogP contribution in [0.1, 0.15) is 20.9 Å². The zero-order valence-corrected chi connectivity index (χ0v) is 7.43. The summed E-state index contributed by atoms with van der Waals surface area (Å²) in [7, 11) is 0. The first kappa shape index (κ1) is 9.26. The van der Waals surface area contributed by atoms with E-state index < -0.39 is 11.9 Å². The van der Waals surface area contributed by atoms with Crippen molar-refractivity contribution in [2.45, 2.75) is 0 Å². The van der Waals surface area contributed by atoms with Gasteiger partial charge in [0.15, 0.2) is 0 Å². The van der Waals surface area contributed by atoms with Gasteiger partial charge in [0, 0.05) is 5.39 Å². The zero-order chi connectivity index (χ0) is 11.0. The van der Waals surface area contributed by atoms with E-state index in [4.69, 9.17) is 14.6 Å². The van der Waals surface area contributed by atoms with Crippen LogP contribution in [0.2, 0.25) is 0 Å². The van der Waals surface area contributed by atoms with Crippen molar-refractivity contribution in [2.24, 2.45) is 0 Å². The lowest BCUT2D eigenvalue weighted by Crippen LogP contribution is -1.94. The lowest BCUT2D eigenvalue weighted by Gasteiger charge is -1.92. The quantitative estimate of drug-likeness (QED) is 0.782. The molecule has 5 heteroatoms. The number of carbonyl (C=O) groups is 2. The van der Waals surface area contributed by atoms with Crippen molar-refractivity contribution < 1.29 is 24.2 Å². The molecule has 0 amide bonds. The molecule has 76 valence electrons. The van der Waals surface area contributed by atoms with Gasteiger partial charge in [-0.2, -0.15) is 0 Å². The minimum absolute atomic E-state index is 0.0637. The van der Waals surface area contributed by atoms with Gasteiger partial charge < -0.3 is 14.6 Å². The van der Waals surface area contributed by atoms with E-state index in [1.54, 1.807) is 0 Å². The van der Waals surface area contributed by atoms with E-state index in [2.05, 4.69) is 0 Å². The highest BCUT2D eigenvalue weighted by molar-refractivity contribution is 5.95. The molecule has 2 rings (SSSR count). The number of hydrogen-bond acceptors (Lipinski definition) is 3. The summed E-state index contributed by atoms with van der Waals surface area (Å²) in [5.74, 6) is -2.46. The third-order valence-corrected chi connectivity index (χ3v) is 1.98. The van der Waals surface area contributed by atoms with Gasteiger partial charge in [-0.1, -0.05) is 6.07 Å². The van der Waals surface area contributed by atoms with Gasteiger partial charge in [-0.25, -0.2) is 9.59 Å². The third kappa shape index (κ3) is 1.54. The molecule has 0 saturated heterocycles. The van der Waals surface area contributed by atoms with Gasteiger partial charge in [-0.05, 0) is 18.2 Å². The van der Waals surface area contributed by atoms with E-state index in [-0.39, 0.29) is 16.9 Å². The maximum atomic E-state index is 10.6. The fourth-order valence-corrected chi connectivity index (χ4v) is 1.27. The molecule has 0 bridgehead atoms. The average Bonchev–Trinajstić information content (AvgIpc) is 2.59. The second-order valence-electron chi connectivity index (χ2n) is 2.97. The van der Waals surface area contributed by atoms with Crippen molar-refractivity contribution in [3.8, 4) is 0 Å². The maximum Gasteiger partial charge on any atom is 0.371 e. The molecule has 0 atom stereocenters. The number of aromatic carboxylic acids is 2. The molecule has 0 radical (unpaired) electrons. The Morgan fingerprint density at radius 2 is 1.80 bits per heavy atom. The van der Waals surface area contributed by atoms with Crippen LogP contribution in [0.15, 0.2) is 28.7 Å². The van der Waals surface area contributed by atoms with Crippen molar-refractivity contribution in [1.29, 1.82) is 0 Å². The normalized spacial score (nSPS) is 10.4. The first-order valence-corrected chi connectivity index (χ1v) is 4.08. The van der Waals surface area contributed by atoms with Crippen molar-refractivity contribution in [3.05, 3.63) is 35.6 Å². The van der Waals surface area contributed by atoms with Crippen molar-refractivity contribution in [3.63, 3.8) is 0 Å². The summed E-state index contributed by atoms with van der Waals surface area (Å²) < 4.78 is 4.96. The van der Waals surface area contributed by atoms with E-state index in [0.717, 1.165) is 0 Å². The summed E-state index contributed by atoms with van der Waals surface area (Å²) in [5, 5.41) is 17.9. The van der Waals surface area contributed by atoms with Gasteiger partial charge >= 0.3 is 11.9 Å². The molecule has 0 saturated carbocycles. The molecular formula is C10H6O5. The van der Waals surface area contributed by atoms with Crippen molar-refractivity contribution >= 4 is 22.9 Å². The first-order valence-electron chi connectivity index (χ1n) is 4.08. The van der Waals surface area contributed by atoms with E-state index in [1.807, 2.05) is 0 Å². The van der Waals surface area contributed by atoms with E-state index >= 15 is 0 Å². The topological polar surface area (TPSA) is 87.7 Å². The van der Waals surface area contributed by atoms with Crippen LogP contribution in [-0.2, 0) is 0 Å². The summed E-state index contributed by atoms with van der Waals surface area (Å²) in [6, 6.07) is 5.55. The standard InChI is InChI=1S/C10H6O5/c11-9(12)6-2-1-5-3-8(10(13)14)15-7(5)4-6/h1-4H,(H,11,12)(H,13,14). The fraction of sp³-hybridized carbons (Fsp3) is 0. The summed E-state index contributed by atoms with van der Waals surface area (Å²) >= 11 is 0. The van der Waals surface area contributed by atoms with Crippen LogP contribution < -0.4 is 0 Å². The Morgan fingerprint density at radius 3 is 2.40 bits per heavy atom. The highest BCUT2D eigenvalue weighted by Crippen LogP contribution is 2.20. The molecule has 2 N–H and O–H groups in total. The molecule has 0 fully saturated rings. The molecular weight excluding hydrogens is 200 g/mol. The number of fused-ring (bicyclic) bond motifs is 1. The molecule has 0 aliphatic heterocycles. The predicted octanol–water partition coefficient (Wildman–Crippen LogP) is 1.83. The van der Waals surface area contributed by atoms with E-state index in [0.29, 0.717) is 5.39 Å². The first-order chi connectivity index (χ1) is 7.08. The second-order valence-corrected chi connectivity index (χ2v) is 2.97. The Labute approximate surface area is 83.5 Å². The van der Waals surface area contributed by atoms with Crippen LogP contribution in [0.4, 0.5) is 0 Å². The maximum absolute atomic E-state index is 10.6. The number of benzene rings is 1. The second kappa shape index (κ2) is 3.13. The van der Waals surface area contributed by atoms with Crippen LogP contribution in [0.3, 0.4) is 0 Å². The number of carboxylic acid groups (broad SMARTS) is 2. The molecule has 0 aliphatic rings. The van der Waals surface area contributed by atoms with Gasteiger partial charge in [-0.3, -0.25) is 0 Å². The minimum atomic E-state index is -1.18. The van der Waals surface area contributed by atoms with Crippen LogP contribution in [0.25, 0.3) is 11.0 Å². The third-order valence-electron chi connectivity index (χ3n) is 1.98. The summed E-state index contributed by atoms with van der Waals surface area (Å²) in [6.45, 7) is 0. The Bertz CT molecular complexity index is 540. The Balaban J connectivity index is 2.62. The summed E-state index contributed by atoms with van der Waals surface area (Å²) in [4.78, 5) is 21.2. The Hall–Kier alpha value is -2.30. The number of carboxylic acids is 2. The number of rotatable bonds is 2. The lowest BCUT2D eigenvalue weighted by molar-refractivity contribution is 0.0663. The average molecular weight is 206 g/mol. The molecule has 0 spiro atoms. The Kier molecular flexibility index (Phi) is 1.93. The monoisotopic (exact) mass is 206 g/mol.